The molecule has 8 nitrogen and oxygen atoms in total. The molecule has 3 aromatic heterocycles. The van der Waals surface area contributed by atoms with Gasteiger partial charge in [-0.3, -0.25) is 0 Å². The Morgan fingerprint density at radius 2 is 1.22 bits per heavy atom. The van der Waals surface area contributed by atoms with Crippen LogP contribution in [0.2, 0.25) is 0 Å². The van der Waals surface area contributed by atoms with Crippen molar-refractivity contribution in [3.63, 3.8) is 0 Å². The summed E-state index contributed by atoms with van der Waals surface area (Å²) < 4.78 is 9.38. The van der Waals surface area contributed by atoms with E-state index < -0.39 is 0 Å². The van der Waals surface area contributed by atoms with Crippen LogP contribution in [-0.2, 0) is 31.9 Å². The van der Waals surface area contributed by atoms with Crippen molar-refractivity contribution < 1.29 is 25.8 Å². The summed E-state index contributed by atoms with van der Waals surface area (Å²) in [5, 5.41) is 2.04. The maximum Gasteiger partial charge on any atom is 0.162 e. The fraction of sp³-hybridized carbons (Fsp3) is 0.196. The van der Waals surface area contributed by atoms with Gasteiger partial charge < -0.3 is 19.1 Å². The van der Waals surface area contributed by atoms with Crippen LogP contribution in [0.5, 0.6) is 11.5 Å². The quantitative estimate of drug-likeness (QED) is 0.147. The Morgan fingerprint density at radius 3 is 1.83 bits per heavy atom. The third-order valence-corrected chi connectivity index (χ3v) is 12.0. The van der Waals surface area contributed by atoms with Crippen LogP contribution in [0, 0.1) is 32.6 Å². The summed E-state index contributed by atoms with van der Waals surface area (Å²) >= 11 is 0. The Kier molecular flexibility index (Phi) is 11.2. The van der Waals surface area contributed by atoms with Gasteiger partial charge in [0.15, 0.2) is 11.6 Å². The Hall–Kier alpha value is -6.63. The maximum atomic E-state index is 7.21. The summed E-state index contributed by atoms with van der Waals surface area (Å²) in [6.07, 6.45) is 1.83. The number of anilines is 3. The van der Waals surface area contributed by atoms with Gasteiger partial charge in [-0.05, 0) is 78.6 Å². The second-order valence-electron chi connectivity index (χ2n) is 18.9. The normalized spacial score (nSPS) is 12.8. The molecular formula is C56H50N7OPt-3. The van der Waals surface area contributed by atoms with Gasteiger partial charge >= 0.3 is 0 Å². The van der Waals surface area contributed by atoms with Crippen LogP contribution in [-0.4, -0.2) is 31.6 Å². The standard InChI is InChI=1S/C56H50N7O.Pt/c1-35-17-21-37(22-18-35)52-58-53(38-23-19-36(2)20-24-38)60-54(59-52)45-32-44-43-30-39(55(3,4)5)25-26-46(43)63(51-16-12-13-27-57-51)49(44)33-50(45)64-42-29-40(56(6,7)8)28-41(31-42)62-34-61(9)47-14-10-11-15-48(47)62;/h10-30,32,34H,1-9H3;/q-3;. The van der Waals surface area contributed by atoms with E-state index in [2.05, 4.69) is 205 Å². The summed E-state index contributed by atoms with van der Waals surface area (Å²) in [6, 6.07) is 51.6. The van der Waals surface area contributed by atoms with Gasteiger partial charge in [0.1, 0.15) is 11.6 Å². The van der Waals surface area contributed by atoms with Gasteiger partial charge in [-0.2, -0.15) is 6.67 Å². The molecule has 0 atom stereocenters. The van der Waals surface area contributed by atoms with E-state index in [9.17, 15) is 0 Å². The summed E-state index contributed by atoms with van der Waals surface area (Å²) in [7, 11) is 2.07. The molecule has 328 valence electrons. The van der Waals surface area contributed by atoms with E-state index in [4.69, 9.17) is 24.7 Å². The molecule has 4 heterocycles. The van der Waals surface area contributed by atoms with Gasteiger partial charge in [0.05, 0.1) is 0 Å². The Balaban J connectivity index is 0.00000533. The Labute approximate surface area is 396 Å². The van der Waals surface area contributed by atoms with E-state index in [-0.39, 0.29) is 31.9 Å². The first-order valence-corrected chi connectivity index (χ1v) is 21.8. The second-order valence-corrected chi connectivity index (χ2v) is 18.9. The van der Waals surface area contributed by atoms with Gasteiger partial charge in [0.2, 0.25) is 0 Å². The number of ether oxygens (including phenoxy) is 1. The van der Waals surface area contributed by atoms with Gasteiger partial charge in [-0.15, -0.1) is 47.0 Å². The average Bonchev–Trinajstić information content (AvgIpc) is 3.79. The molecule has 9 aromatic rings. The minimum atomic E-state index is -0.208. The van der Waals surface area contributed by atoms with Gasteiger partial charge in [0.25, 0.3) is 0 Å². The summed E-state index contributed by atoms with van der Waals surface area (Å²) in [6.45, 7) is 19.6. The van der Waals surface area contributed by atoms with E-state index in [1.165, 1.54) is 5.56 Å². The first-order valence-electron chi connectivity index (χ1n) is 21.8. The molecule has 0 aliphatic carbocycles. The van der Waals surface area contributed by atoms with Crippen LogP contribution in [0.25, 0.3) is 61.8 Å². The number of aryl methyl sites for hydroxylation is 2. The molecule has 0 amide bonds. The van der Waals surface area contributed by atoms with Crippen molar-refractivity contribution in [2.24, 2.45) is 0 Å². The van der Waals surface area contributed by atoms with Gasteiger partial charge in [-0.1, -0.05) is 137 Å². The molecule has 9 heteroatoms. The fourth-order valence-corrected chi connectivity index (χ4v) is 8.28. The molecule has 10 rings (SSSR count). The summed E-state index contributed by atoms with van der Waals surface area (Å²) in [5.74, 6) is 3.37. The molecule has 0 unspecified atom stereocenters. The Bertz CT molecular complexity index is 3160. The fourth-order valence-electron chi connectivity index (χ4n) is 8.28. The van der Waals surface area contributed by atoms with E-state index in [1.54, 1.807) is 0 Å². The second kappa shape index (κ2) is 16.7. The zero-order valence-electron chi connectivity index (χ0n) is 38.1. The monoisotopic (exact) mass is 1030 g/mol. The SMILES string of the molecule is Cc1ccc(-c2nc(-c3ccc(C)cc3)nc(-c3cc4c5cc(C(C)(C)C)ccc5n(-c5ccccn5)c4[c-]c3Oc3[c-]c(N4[CH-]N(C)c5ccccc54)cc(C(C)(C)C)c3)n2)cc1.[Pt]. The zero-order valence-corrected chi connectivity index (χ0v) is 40.4. The molecule has 0 saturated carbocycles. The largest absolute Gasteiger partial charge is 0.508 e. The zero-order chi connectivity index (χ0) is 44.5. The molecule has 1 aliphatic heterocycles. The first kappa shape index (κ1) is 43.6. The third-order valence-electron chi connectivity index (χ3n) is 12.0. The minimum absolute atomic E-state index is 0. The summed E-state index contributed by atoms with van der Waals surface area (Å²) in [4.78, 5) is 24.8. The van der Waals surface area contributed by atoms with E-state index in [0.717, 1.165) is 72.5 Å². The number of rotatable bonds is 7. The van der Waals surface area contributed by atoms with E-state index in [0.29, 0.717) is 34.5 Å². The smallest absolute Gasteiger partial charge is 0.162 e. The average molecular weight is 1030 g/mol. The Morgan fingerprint density at radius 1 is 0.600 bits per heavy atom. The van der Waals surface area contributed by atoms with Crippen LogP contribution in [0.1, 0.15) is 63.8 Å². The van der Waals surface area contributed by atoms with E-state index in [1.807, 2.05) is 24.4 Å². The topological polar surface area (TPSA) is 72.2 Å². The van der Waals surface area contributed by atoms with E-state index >= 15 is 0 Å². The number of hydrogen-bond donors (Lipinski definition) is 0. The number of benzene rings is 6. The van der Waals surface area contributed by atoms with Crippen LogP contribution in [0.3, 0.4) is 0 Å². The van der Waals surface area contributed by atoms with Crippen molar-refractivity contribution in [3.8, 4) is 51.5 Å². The van der Waals surface area contributed by atoms with Crippen LogP contribution in [0.15, 0.2) is 134 Å². The van der Waals surface area contributed by atoms with Crippen molar-refractivity contribution >= 4 is 38.9 Å². The molecule has 0 bridgehead atoms. The molecule has 6 aromatic carbocycles. The molecule has 65 heavy (non-hydrogen) atoms. The van der Waals surface area contributed by atoms with Crippen molar-refractivity contribution in [2.45, 2.75) is 66.2 Å². The number of para-hydroxylation sites is 2. The number of nitrogens with zero attached hydrogens (tertiary/aromatic N) is 7. The number of hydrogen-bond acceptors (Lipinski definition) is 7. The number of fused-ring (bicyclic) bond motifs is 4. The van der Waals surface area contributed by atoms with Crippen molar-refractivity contribution in [1.82, 2.24) is 24.5 Å². The minimum Gasteiger partial charge on any atom is -0.508 e. The van der Waals surface area contributed by atoms with Crippen molar-refractivity contribution in [3.05, 3.63) is 175 Å². The van der Waals surface area contributed by atoms with Crippen LogP contribution < -0.4 is 14.5 Å². The van der Waals surface area contributed by atoms with Crippen LogP contribution >= 0.6 is 0 Å². The summed E-state index contributed by atoms with van der Waals surface area (Å²) in [5.41, 5.74) is 11.7. The van der Waals surface area contributed by atoms with Gasteiger partial charge in [-0.25, -0.2) is 19.9 Å². The molecule has 0 N–H and O–H groups in total. The molecule has 0 radical (unpaired) electrons. The maximum absolute atomic E-state index is 7.21. The first-order chi connectivity index (χ1) is 30.7. The molecular weight excluding hydrogens is 982 g/mol. The molecule has 1 aliphatic rings. The third kappa shape index (κ3) is 8.32. The van der Waals surface area contributed by atoms with Crippen molar-refractivity contribution in [1.29, 1.82) is 0 Å². The number of aromatic nitrogens is 5. The predicted molar refractivity (Wildman–Crippen MR) is 261 cm³/mol. The number of pyridine rings is 1. The molecule has 0 fully saturated rings. The van der Waals surface area contributed by atoms with Crippen LogP contribution in [0.4, 0.5) is 17.1 Å². The van der Waals surface area contributed by atoms with Crippen molar-refractivity contribution in [2.75, 3.05) is 16.8 Å². The molecule has 0 saturated heterocycles. The predicted octanol–water partition coefficient (Wildman–Crippen LogP) is 13.7. The van der Waals surface area contributed by atoms with Gasteiger partial charge in [0, 0.05) is 66.8 Å². The molecule has 0 spiro atoms.